The van der Waals surface area contributed by atoms with Crippen LogP contribution in [0.4, 0.5) is 5.82 Å². The van der Waals surface area contributed by atoms with E-state index in [0.717, 1.165) is 0 Å². The Morgan fingerprint density at radius 3 is 2.89 bits per heavy atom. The molecule has 0 bridgehead atoms. The van der Waals surface area contributed by atoms with Gasteiger partial charge in [-0.1, -0.05) is 22.0 Å². The van der Waals surface area contributed by atoms with Crippen LogP contribution in [-0.2, 0) is 10.0 Å². The molecule has 8 heteroatoms. The van der Waals surface area contributed by atoms with Crippen molar-refractivity contribution in [2.75, 3.05) is 4.72 Å². The number of anilines is 1. The SMILES string of the molecule is N#Cc1cn[nH]c1NS(=O)(=O)c1cccc(Br)c1. The summed E-state index contributed by atoms with van der Waals surface area (Å²) in [5.41, 5.74) is 0.133. The van der Waals surface area contributed by atoms with Gasteiger partial charge < -0.3 is 0 Å². The highest BCUT2D eigenvalue weighted by Gasteiger charge is 2.17. The molecule has 0 saturated carbocycles. The molecule has 0 aliphatic rings. The number of aromatic nitrogens is 2. The maximum atomic E-state index is 12.0. The standard InChI is InChI=1S/C10H7BrN4O2S/c11-8-2-1-3-9(4-8)18(16,17)15-10-7(5-12)6-13-14-10/h1-4,6H,(H2,13,14,15). The van der Waals surface area contributed by atoms with Gasteiger partial charge in [0.1, 0.15) is 11.6 Å². The van der Waals surface area contributed by atoms with E-state index in [1.807, 2.05) is 6.07 Å². The third-order valence-electron chi connectivity index (χ3n) is 2.10. The number of benzene rings is 1. The summed E-state index contributed by atoms with van der Waals surface area (Å²) < 4.78 is 27.0. The summed E-state index contributed by atoms with van der Waals surface area (Å²) in [4.78, 5) is 0.0929. The maximum absolute atomic E-state index is 12.0. The lowest BCUT2D eigenvalue weighted by Gasteiger charge is -2.06. The van der Waals surface area contributed by atoms with Gasteiger partial charge in [-0.25, -0.2) is 8.42 Å². The second kappa shape index (κ2) is 4.80. The van der Waals surface area contributed by atoms with Crippen molar-refractivity contribution in [3.8, 4) is 6.07 Å². The molecule has 0 aliphatic carbocycles. The number of hydrogen-bond acceptors (Lipinski definition) is 4. The Morgan fingerprint density at radius 2 is 2.22 bits per heavy atom. The fourth-order valence-corrected chi connectivity index (χ4v) is 2.91. The van der Waals surface area contributed by atoms with Crippen molar-refractivity contribution in [3.05, 3.63) is 40.5 Å². The van der Waals surface area contributed by atoms with E-state index in [1.165, 1.54) is 18.3 Å². The summed E-state index contributed by atoms with van der Waals surface area (Å²) in [7, 11) is -3.74. The van der Waals surface area contributed by atoms with E-state index in [0.29, 0.717) is 4.47 Å². The average molecular weight is 327 g/mol. The molecule has 1 heterocycles. The number of nitrogens with one attached hydrogen (secondary N) is 2. The Morgan fingerprint density at radius 1 is 1.44 bits per heavy atom. The lowest BCUT2D eigenvalue weighted by molar-refractivity contribution is 0.601. The molecule has 0 amide bonds. The van der Waals surface area contributed by atoms with Gasteiger partial charge >= 0.3 is 0 Å². The molecule has 2 aromatic rings. The number of rotatable bonds is 3. The highest BCUT2D eigenvalue weighted by atomic mass is 79.9. The van der Waals surface area contributed by atoms with Gasteiger partial charge in [0.25, 0.3) is 10.0 Å². The predicted octanol–water partition coefficient (Wildman–Crippen LogP) is 1.84. The van der Waals surface area contributed by atoms with Crippen molar-refractivity contribution < 1.29 is 8.42 Å². The van der Waals surface area contributed by atoms with Crippen LogP contribution in [0.1, 0.15) is 5.56 Å². The summed E-state index contributed by atoms with van der Waals surface area (Å²) in [5, 5.41) is 14.8. The third kappa shape index (κ3) is 2.52. The van der Waals surface area contributed by atoms with Gasteiger partial charge in [-0.2, -0.15) is 10.4 Å². The first-order chi connectivity index (χ1) is 8.53. The molecule has 0 aliphatic heterocycles. The molecular weight excluding hydrogens is 320 g/mol. The fourth-order valence-electron chi connectivity index (χ4n) is 1.28. The predicted molar refractivity (Wildman–Crippen MR) is 68.3 cm³/mol. The van der Waals surface area contributed by atoms with Gasteiger partial charge in [0.2, 0.25) is 0 Å². The topological polar surface area (TPSA) is 98.6 Å². The molecule has 0 fully saturated rings. The van der Waals surface area contributed by atoms with Gasteiger partial charge in [-0.15, -0.1) is 0 Å². The molecule has 18 heavy (non-hydrogen) atoms. The van der Waals surface area contributed by atoms with Crippen molar-refractivity contribution in [2.45, 2.75) is 4.90 Å². The molecule has 0 saturated heterocycles. The Hall–Kier alpha value is -1.85. The van der Waals surface area contributed by atoms with Crippen molar-refractivity contribution in [1.82, 2.24) is 10.2 Å². The van der Waals surface area contributed by atoms with Crippen LogP contribution in [-0.4, -0.2) is 18.6 Å². The van der Waals surface area contributed by atoms with Crippen molar-refractivity contribution in [1.29, 1.82) is 5.26 Å². The minimum Gasteiger partial charge on any atom is -0.263 e. The lowest BCUT2D eigenvalue weighted by Crippen LogP contribution is -2.14. The Bertz CT molecular complexity index is 717. The first kappa shape index (κ1) is 12.6. The van der Waals surface area contributed by atoms with Gasteiger partial charge in [-0.05, 0) is 18.2 Å². The number of hydrogen-bond donors (Lipinski definition) is 2. The van der Waals surface area contributed by atoms with Gasteiger partial charge in [-0.3, -0.25) is 9.82 Å². The molecular formula is C10H7BrN4O2S. The highest BCUT2D eigenvalue weighted by Crippen LogP contribution is 2.19. The zero-order valence-corrected chi connectivity index (χ0v) is 11.3. The third-order valence-corrected chi connectivity index (χ3v) is 3.94. The molecule has 0 radical (unpaired) electrons. The molecule has 1 aromatic heterocycles. The van der Waals surface area contributed by atoms with E-state index in [1.54, 1.807) is 12.1 Å². The summed E-state index contributed by atoms with van der Waals surface area (Å²) >= 11 is 3.20. The van der Waals surface area contributed by atoms with Crippen LogP contribution in [0.2, 0.25) is 0 Å². The summed E-state index contributed by atoms with van der Waals surface area (Å²) in [6.07, 6.45) is 1.25. The Kier molecular flexibility index (Phi) is 3.36. The van der Waals surface area contributed by atoms with Gasteiger partial charge in [0.15, 0.2) is 5.82 Å². The molecule has 2 rings (SSSR count). The minimum atomic E-state index is -3.74. The molecule has 0 spiro atoms. The molecule has 1 aromatic carbocycles. The molecule has 0 unspecified atom stereocenters. The molecule has 6 nitrogen and oxygen atoms in total. The smallest absolute Gasteiger partial charge is 0.263 e. The second-order valence-electron chi connectivity index (χ2n) is 3.33. The number of aromatic amines is 1. The van der Waals surface area contributed by atoms with E-state index in [-0.39, 0.29) is 16.3 Å². The summed E-state index contributed by atoms with van der Waals surface area (Å²) in [6, 6.07) is 8.07. The number of sulfonamides is 1. The van der Waals surface area contributed by atoms with Crippen molar-refractivity contribution in [2.24, 2.45) is 0 Å². The average Bonchev–Trinajstić information content (AvgIpc) is 2.75. The van der Waals surface area contributed by atoms with Crippen LogP contribution in [0.15, 0.2) is 39.8 Å². The van der Waals surface area contributed by atoms with Gasteiger partial charge in [0.05, 0.1) is 11.1 Å². The fraction of sp³-hybridized carbons (Fsp3) is 0. The van der Waals surface area contributed by atoms with Gasteiger partial charge in [0, 0.05) is 4.47 Å². The molecule has 2 N–H and O–H groups in total. The van der Waals surface area contributed by atoms with E-state index < -0.39 is 10.0 Å². The van der Waals surface area contributed by atoms with Crippen molar-refractivity contribution in [3.63, 3.8) is 0 Å². The van der Waals surface area contributed by atoms with Crippen LogP contribution in [0.25, 0.3) is 0 Å². The van der Waals surface area contributed by atoms with Crippen LogP contribution >= 0.6 is 15.9 Å². The second-order valence-corrected chi connectivity index (χ2v) is 5.93. The van der Waals surface area contributed by atoms with E-state index in [9.17, 15) is 8.42 Å². The molecule has 92 valence electrons. The maximum Gasteiger partial charge on any atom is 0.263 e. The summed E-state index contributed by atoms with van der Waals surface area (Å²) in [5.74, 6) is 0.0532. The summed E-state index contributed by atoms with van der Waals surface area (Å²) in [6.45, 7) is 0. The van der Waals surface area contributed by atoms with Crippen LogP contribution in [0.3, 0.4) is 0 Å². The van der Waals surface area contributed by atoms with E-state index >= 15 is 0 Å². The van der Waals surface area contributed by atoms with Crippen LogP contribution in [0, 0.1) is 11.3 Å². The van der Waals surface area contributed by atoms with E-state index in [2.05, 4.69) is 30.8 Å². The zero-order valence-electron chi connectivity index (χ0n) is 8.88. The van der Waals surface area contributed by atoms with Crippen LogP contribution in [0.5, 0.6) is 0 Å². The highest BCUT2D eigenvalue weighted by molar-refractivity contribution is 9.10. The lowest BCUT2D eigenvalue weighted by atomic mass is 10.4. The number of nitriles is 1. The monoisotopic (exact) mass is 326 g/mol. The number of halogens is 1. The van der Waals surface area contributed by atoms with Crippen LogP contribution < -0.4 is 4.72 Å². The zero-order chi connectivity index (χ0) is 13.2. The van der Waals surface area contributed by atoms with E-state index in [4.69, 9.17) is 5.26 Å². The molecule has 0 atom stereocenters. The number of nitrogens with zero attached hydrogens (tertiary/aromatic N) is 2. The number of H-pyrrole nitrogens is 1. The minimum absolute atomic E-state index is 0.0532. The normalized spacial score (nSPS) is 10.9. The largest absolute Gasteiger partial charge is 0.263 e. The first-order valence-electron chi connectivity index (χ1n) is 4.75. The Labute approximate surface area is 112 Å². The Balaban J connectivity index is 2.37. The van der Waals surface area contributed by atoms with Crippen molar-refractivity contribution >= 4 is 31.8 Å². The quantitative estimate of drug-likeness (QED) is 0.898. The first-order valence-corrected chi connectivity index (χ1v) is 7.02.